The number of nitrogens with zero attached hydrogens (tertiary/aromatic N) is 1. The smallest absolute Gasteiger partial charge is 0.493 e. The van der Waals surface area contributed by atoms with Crippen LogP contribution in [0.2, 0.25) is 0 Å². The number of piperidine rings is 1. The van der Waals surface area contributed by atoms with Crippen LogP contribution < -0.4 is 10.2 Å². The van der Waals surface area contributed by atoms with Crippen molar-refractivity contribution < 1.29 is 18.8 Å². The van der Waals surface area contributed by atoms with Crippen molar-refractivity contribution in [2.24, 2.45) is 5.92 Å². The van der Waals surface area contributed by atoms with Crippen molar-refractivity contribution in [2.75, 3.05) is 19.7 Å². The molecule has 1 amide bonds. The minimum atomic E-state index is -0.343. The fourth-order valence-corrected chi connectivity index (χ4v) is 3.33. The Labute approximate surface area is 157 Å². The lowest BCUT2D eigenvalue weighted by molar-refractivity contribution is -0.130. The molecule has 2 aliphatic rings. The van der Waals surface area contributed by atoms with Gasteiger partial charge in [0.1, 0.15) is 5.75 Å². The van der Waals surface area contributed by atoms with E-state index in [9.17, 15) is 4.79 Å². The van der Waals surface area contributed by atoms with E-state index in [1.165, 1.54) is 0 Å². The van der Waals surface area contributed by atoms with Crippen molar-refractivity contribution >= 4 is 18.5 Å². The molecule has 0 radical (unpaired) electrons. The highest BCUT2D eigenvalue weighted by atomic mass is 16.7. The minimum absolute atomic E-state index is 0.169. The van der Waals surface area contributed by atoms with Crippen LogP contribution in [0.15, 0.2) is 24.3 Å². The maximum Gasteiger partial charge on any atom is 0.494 e. The Bertz CT molecular complexity index is 620. The molecule has 0 aromatic heterocycles. The number of rotatable bonds is 4. The molecule has 2 saturated heterocycles. The summed E-state index contributed by atoms with van der Waals surface area (Å²) in [6.45, 7) is 12.2. The number of carbonyl (C=O) groups is 1. The first-order valence-corrected chi connectivity index (χ1v) is 9.52. The third-order valence-corrected chi connectivity index (χ3v) is 5.95. The molecule has 0 N–H and O–H groups in total. The molecule has 0 bridgehead atoms. The quantitative estimate of drug-likeness (QED) is 0.776. The summed E-state index contributed by atoms with van der Waals surface area (Å²) < 4.78 is 18.1. The van der Waals surface area contributed by atoms with Gasteiger partial charge in [-0.2, -0.15) is 0 Å². The Balaban J connectivity index is 1.51. The van der Waals surface area contributed by atoms with E-state index >= 15 is 0 Å². The second kappa shape index (κ2) is 7.24. The Morgan fingerprint density at radius 2 is 1.65 bits per heavy atom. The predicted molar refractivity (Wildman–Crippen MR) is 103 cm³/mol. The van der Waals surface area contributed by atoms with Crippen LogP contribution in [0.25, 0.3) is 0 Å². The summed E-state index contributed by atoms with van der Waals surface area (Å²) >= 11 is 0. The molecule has 0 atom stereocenters. The lowest BCUT2D eigenvalue weighted by Gasteiger charge is -2.32. The van der Waals surface area contributed by atoms with Crippen LogP contribution in [0.4, 0.5) is 0 Å². The monoisotopic (exact) mass is 359 g/mol. The van der Waals surface area contributed by atoms with Gasteiger partial charge in [-0.25, -0.2) is 0 Å². The highest BCUT2D eigenvalue weighted by Crippen LogP contribution is 2.36. The lowest BCUT2D eigenvalue weighted by Crippen LogP contribution is -2.41. The number of hydrogen-bond acceptors (Lipinski definition) is 4. The molecule has 26 heavy (non-hydrogen) atoms. The summed E-state index contributed by atoms with van der Waals surface area (Å²) in [5, 5.41) is 0. The summed E-state index contributed by atoms with van der Waals surface area (Å²) in [5.41, 5.74) is 0.342. The minimum Gasteiger partial charge on any atom is -0.493 e. The maximum absolute atomic E-state index is 11.4. The first-order chi connectivity index (χ1) is 12.2. The second-order valence-corrected chi connectivity index (χ2v) is 8.42. The van der Waals surface area contributed by atoms with Crippen LogP contribution in [-0.2, 0) is 14.1 Å². The van der Waals surface area contributed by atoms with Crippen LogP contribution in [0.5, 0.6) is 5.75 Å². The van der Waals surface area contributed by atoms with Crippen LogP contribution in [0, 0.1) is 5.92 Å². The fraction of sp³-hybridized carbons (Fsp3) is 0.650. The molecule has 0 aliphatic carbocycles. The van der Waals surface area contributed by atoms with Gasteiger partial charge >= 0.3 is 7.12 Å². The second-order valence-electron chi connectivity index (χ2n) is 8.42. The van der Waals surface area contributed by atoms with E-state index in [1.807, 2.05) is 29.2 Å². The van der Waals surface area contributed by atoms with Crippen LogP contribution in [0.1, 0.15) is 47.5 Å². The molecule has 142 valence electrons. The Kier molecular flexibility index (Phi) is 5.36. The molecule has 0 spiro atoms. The van der Waals surface area contributed by atoms with Gasteiger partial charge in [-0.3, -0.25) is 4.79 Å². The standard InChI is InChI=1S/C20H30BNO4/c1-15(23)22-12-10-16(11-13-22)14-24-18-8-6-17(7-9-18)21-25-19(2,3)20(4,5)26-21/h6-9,16H,10-14H2,1-5H3. The van der Waals surface area contributed by atoms with Crippen molar-refractivity contribution in [1.29, 1.82) is 0 Å². The van der Waals surface area contributed by atoms with Crippen LogP contribution >= 0.6 is 0 Å². The number of ether oxygens (including phenoxy) is 1. The van der Waals surface area contributed by atoms with Crippen molar-refractivity contribution in [3.63, 3.8) is 0 Å². The average Bonchev–Trinajstić information content (AvgIpc) is 2.81. The number of carbonyl (C=O) groups excluding carboxylic acids is 1. The normalized spacial score (nSPS) is 22.5. The van der Waals surface area contributed by atoms with Gasteiger partial charge in [0.15, 0.2) is 0 Å². The molecule has 2 heterocycles. The zero-order valence-electron chi connectivity index (χ0n) is 16.6. The Morgan fingerprint density at radius 1 is 1.12 bits per heavy atom. The van der Waals surface area contributed by atoms with E-state index < -0.39 is 0 Å². The van der Waals surface area contributed by atoms with Gasteiger partial charge in [0.2, 0.25) is 5.91 Å². The number of amides is 1. The summed E-state index contributed by atoms with van der Waals surface area (Å²) in [4.78, 5) is 13.3. The molecular weight excluding hydrogens is 329 g/mol. The molecule has 1 aromatic carbocycles. The zero-order chi connectivity index (χ0) is 18.9. The lowest BCUT2D eigenvalue weighted by atomic mass is 9.79. The molecular formula is C20H30BNO4. The average molecular weight is 359 g/mol. The summed E-state index contributed by atoms with van der Waals surface area (Å²) in [5.74, 6) is 1.54. The largest absolute Gasteiger partial charge is 0.494 e. The van der Waals surface area contributed by atoms with E-state index in [4.69, 9.17) is 14.0 Å². The fourth-order valence-electron chi connectivity index (χ4n) is 3.33. The molecule has 0 saturated carbocycles. The van der Waals surface area contributed by atoms with E-state index in [-0.39, 0.29) is 24.2 Å². The zero-order valence-corrected chi connectivity index (χ0v) is 16.6. The maximum atomic E-state index is 11.4. The predicted octanol–water partition coefficient (Wildman–Crippen LogP) is 2.62. The first kappa shape index (κ1) is 19.2. The third-order valence-electron chi connectivity index (χ3n) is 5.95. The van der Waals surface area contributed by atoms with Crippen molar-refractivity contribution in [3.05, 3.63) is 24.3 Å². The van der Waals surface area contributed by atoms with E-state index in [0.717, 1.165) is 37.1 Å². The number of hydrogen-bond donors (Lipinski definition) is 0. The van der Waals surface area contributed by atoms with Gasteiger partial charge in [0.25, 0.3) is 0 Å². The van der Waals surface area contributed by atoms with Gasteiger partial charge in [-0.05, 0) is 64.1 Å². The highest BCUT2D eigenvalue weighted by Gasteiger charge is 2.51. The molecule has 1 aromatic rings. The Hall–Kier alpha value is -1.53. The van der Waals surface area contributed by atoms with Gasteiger partial charge in [0.05, 0.1) is 17.8 Å². The van der Waals surface area contributed by atoms with Gasteiger partial charge in [-0.1, -0.05) is 12.1 Å². The summed E-state index contributed by atoms with van der Waals surface area (Å²) in [6, 6.07) is 7.97. The van der Waals surface area contributed by atoms with Crippen molar-refractivity contribution in [3.8, 4) is 5.75 Å². The van der Waals surface area contributed by atoms with Gasteiger partial charge in [-0.15, -0.1) is 0 Å². The number of benzene rings is 1. The van der Waals surface area contributed by atoms with E-state index in [1.54, 1.807) is 6.92 Å². The van der Waals surface area contributed by atoms with Crippen LogP contribution in [0.3, 0.4) is 0 Å². The molecule has 6 heteroatoms. The molecule has 2 fully saturated rings. The van der Waals surface area contributed by atoms with Gasteiger partial charge < -0.3 is 18.9 Å². The highest BCUT2D eigenvalue weighted by molar-refractivity contribution is 6.62. The van der Waals surface area contributed by atoms with Crippen LogP contribution in [-0.4, -0.2) is 48.8 Å². The molecule has 3 rings (SSSR count). The van der Waals surface area contributed by atoms with Crippen molar-refractivity contribution in [1.82, 2.24) is 4.90 Å². The third kappa shape index (κ3) is 4.07. The summed E-state index contributed by atoms with van der Waals surface area (Å²) in [6.07, 6.45) is 2.01. The molecule has 5 nitrogen and oxygen atoms in total. The summed E-state index contributed by atoms with van der Waals surface area (Å²) in [7, 11) is -0.343. The van der Waals surface area contributed by atoms with Gasteiger partial charge in [0, 0.05) is 20.0 Å². The van der Waals surface area contributed by atoms with E-state index in [2.05, 4.69) is 27.7 Å². The van der Waals surface area contributed by atoms with E-state index in [0.29, 0.717) is 12.5 Å². The topological polar surface area (TPSA) is 48.0 Å². The first-order valence-electron chi connectivity index (χ1n) is 9.52. The SMILES string of the molecule is CC(=O)N1CCC(COc2ccc(B3OC(C)(C)C(C)(C)O3)cc2)CC1. The molecule has 0 unspecified atom stereocenters. The number of likely N-dealkylation sites (tertiary alicyclic amines) is 1. The van der Waals surface area contributed by atoms with Crippen molar-refractivity contribution in [2.45, 2.75) is 58.7 Å². The Morgan fingerprint density at radius 3 is 2.15 bits per heavy atom. The molecule has 2 aliphatic heterocycles.